The number of hydrogen-bond acceptors (Lipinski definition) is 2. The van der Waals surface area contributed by atoms with E-state index in [4.69, 9.17) is 0 Å². The van der Waals surface area contributed by atoms with Crippen LogP contribution in [0.15, 0.2) is 30.3 Å². The third-order valence-electron chi connectivity index (χ3n) is 3.96. The molecule has 0 bridgehead atoms. The van der Waals surface area contributed by atoms with Crippen LogP contribution in [0.1, 0.15) is 45.1 Å². The third kappa shape index (κ3) is 5.19. The van der Waals surface area contributed by atoms with Crippen LogP contribution in [0.4, 0.5) is 0 Å². The zero-order valence-corrected chi connectivity index (χ0v) is 13.6. The van der Waals surface area contributed by atoms with Crippen molar-refractivity contribution in [1.29, 1.82) is 0 Å². The Bertz CT molecular complexity index is 313. The summed E-state index contributed by atoms with van der Waals surface area (Å²) < 4.78 is 0. The van der Waals surface area contributed by atoms with Gasteiger partial charge in [0.15, 0.2) is 0 Å². The van der Waals surface area contributed by atoms with E-state index in [-0.39, 0.29) is 0 Å². The predicted octanol–water partition coefficient (Wildman–Crippen LogP) is 4.48. The summed E-state index contributed by atoms with van der Waals surface area (Å²) in [6, 6.07) is 11.1. The Morgan fingerprint density at radius 3 is 2.47 bits per heavy atom. The van der Waals surface area contributed by atoms with E-state index in [1.807, 2.05) is 11.8 Å². The van der Waals surface area contributed by atoms with Crippen LogP contribution in [0.25, 0.3) is 0 Å². The topological polar surface area (TPSA) is 12.0 Å². The maximum atomic E-state index is 3.65. The molecule has 0 aliphatic heterocycles. The molecule has 0 saturated carbocycles. The predicted molar refractivity (Wildman–Crippen MR) is 89.2 cm³/mol. The molecule has 1 unspecified atom stereocenters. The van der Waals surface area contributed by atoms with Crippen LogP contribution in [0.5, 0.6) is 0 Å². The summed E-state index contributed by atoms with van der Waals surface area (Å²) in [7, 11) is 0. The van der Waals surface area contributed by atoms with Gasteiger partial charge in [-0.25, -0.2) is 0 Å². The molecule has 0 aliphatic rings. The summed E-state index contributed by atoms with van der Waals surface area (Å²) in [6.45, 7) is 6.80. The fourth-order valence-corrected chi connectivity index (χ4v) is 3.12. The van der Waals surface area contributed by atoms with E-state index in [1.165, 1.54) is 37.0 Å². The maximum absolute atomic E-state index is 3.65. The average Bonchev–Trinajstić information content (AvgIpc) is 2.47. The van der Waals surface area contributed by atoms with E-state index in [9.17, 15) is 0 Å². The second-order valence-electron chi connectivity index (χ2n) is 5.27. The second kappa shape index (κ2) is 9.44. The van der Waals surface area contributed by atoms with Crippen LogP contribution in [0.3, 0.4) is 0 Å². The van der Waals surface area contributed by atoms with Crippen molar-refractivity contribution in [2.75, 3.05) is 25.1 Å². The van der Waals surface area contributed by atoms with Crippen molar-refractivity contribution in [2.24, 2.45) is 0 Å². The van der Waals surface area contributed by atoms with E-state index in [1.54, 1.807) is 0 Å². The second-order valence-corrected chi connectivity index (χ2v) is 6.26. The normalized spacial score (nSPS) is 14.3. The van der Waals surface area contributed by atoms with Gasteiger partial charge in [-0.15, -0.1) is 0 Å². The summed E-state index contributed by atoms with van der Waals surface area (Å²) in [5.41, 5.74) is 1.81. The monoisotopic (exact) mass is 279 g/mol. The lowest BCUT2D eigenvalue weighted by Crippen LogP contribution is -2.38. The van der Waals surface area contributed by atoms with E-state index in [0.29, 0.717) is 5.41 Å². The molecule has 1 aromatic rings. The van der Waals surface area contributed by atoms with Gasteiger partial charge in [0.25, 0.3) is 0 Å². The van der Waals surface area contributed by atoms with Crippen molar-refractivity contribution in [3.05, 3.63) is 35.9 Å². The lowest BCUT2D eigenvalue weighted by atomic mass is 9.74. The van der Waals surface area contributed by atoms with E-state index in [0.717, 1.165) is 13.1 Å². The van der Waals surface area contributed by atoms with Crippen molar-refractivity contribution in [2.45, 2.75) is 44.9 Å². The number of rotatable bonds is 10. The summed E-state index contributed by atoms with van der Waals surface area (Å²) in [5, 5.41) is 3.65. The Hall–Kier alpha value is -0.470. The van der Waals surface area contributed by atoms with Gasteiger partial charge < -0.3 is 5.32 Å². The van der Waals surface area contributed by atoms with Crippen molar-refractivity contribution >= 4 is 11.8 Å². The minimum absolute atomic E-state index is 0.312. The highest BCUT2D eigenvalue weighted by Gasteiger charge is 2.29. The van der Waals surface area contributed by atoms with Gasteiger partial charge >= 0.3 is 0 Å². The molecule has 1 nitrogen and oxygen atoms in total. The quantitative estimate of drug-likeness (QED) is 0.634. The number of thioether (sulfide) groups is 1. The zero-order chi connectivity index (χ0) is 14.0. The van der Waals surface area contributed by atoms with Crippen molar-refractivity contribution in [3.8, 4) is 0 Å². The smallest absolute Gasteiger partial charge is 0.00754 e. The Kier molecular flexibility index (Phi) is 8.24. The fourth-order valence-electron chi connectivity index (χ4n) is 2.69. The van der Waals surface area contributed by atoms with Gasteiger partial charge in [-0.3, -0.25) is 0 Å². The molecule has 19 heavy (non-hydrogen) atoms. The van der Waals surface area contributed by atoms with Gasteiger partial charge in [-0.2, -0.15) is 11.8 Å². The van der Waals surface area contributed by atoms with Crippen LogP contribution >= 0.6 is 11.8 Å². The van der Waals surface area contributed by atoms with Crippen LogP contribution in [-0.2, 0) is 5.41 Å². The lowest BCUT2D eigenvalue weighted by molar-refractivity contribution is 0.352. The standard InChI is InChI=1S/C17H29NS/c1-4-13-18-15-17(5-2,12-9-14-19-3)16-10-7-6-8-11-16/h6-8,10-11,18H,4-5,9,12-15H2,1-3H3. The van der Waals surface area contributed by atoms with Gasteiger partial charge in [0.1, 0.15) is 0 Å². The molecule has 0 aromatic heterocycles. The first-order valence-corrected chi connectivity index (χ1v) is 8.93. The van der Waals surface area contributed by atoms with Gasteiger partial charge in [0.05, 0.1) is 0 Å². The average molecular weight is 279 g/mol. The van der Waals surface area contributed by atoms with Gasteiger partial charge in [-0.1, -0.05) is 44.2 Å². The molecular weight excluding hydrogens is 250 g/mol. The van der Waals surface area contributed by atoms with E-state index < -0.39 is 0 Å². The van der Waals surface area contributed by atoms with Crippen molar-refractivity contribution < 1.29 is 0 Å². The highest BCUT2D eigenvalue weighted by Crippen LogP contribution is 2.32. The zero-order valence-electron chi connectivity index (χ0n) is 12.7. The first kappa shape index (κ1) is 16.6. The fraction of sp³-hybridized carbons (Fsp3) is 0.647. The number of nitrogens with one attached hydrogen (secondary N) is 1. The molecule has 0 spiro atoms. The summed E-state index contributed by atoms with van der Waals surface area (Å²) in [6.07, 6.45) is 7.20. The highest BCUT2D eigenvalue weighted by atomic mass is 32.2. The molecule has 0 fully saturated rings. The summed E-state index contributed by atoms with van der Waals surface area (Å²) in [4.78, 5) is 0. The molecule has 0 aliphatic carbocycles. The van der Waals surface area contributed by atoms with Gasteiger partial charge in [0, 0.05) is 12.0 Å². The van der Waals surface area contributed by atoms with Crippen LogP contribution in [0.2, 0.25) is 0 Å². The molecule has 0 saturated heterocycles. The highest BCUT2D eigenvalue weighted by molar-refractivity contribution is 7.98. The molecule has 0 heterocycles. The first-order valence-electron chi connectivity index (χ1n) is 7.54. The maximum Gasteiger partial charge on any atom is 0.00754 e. The molecule has 2 heteroatoms. The Morgan fingerprint density at radius 1 is 1.16 bits per heavy atom. The largest absolute Gasteiger partial charge is 0.316 e. The molecule has 0 radical (unpaired) electrons. The van der Waals surface area contributed by atoms with E-state index in [2.05, 4.69) is 55.8 Å². The molecule has 1 atom stereocenters. The molecule has 1 aromatic carbocycles. The Morgan fingerprint density at radius 2 is 1.89 bits per heavy atom. The minimum Gasteiger partial charge on any atom is -0.316 e. The van der Waals surface area contributed by atoms with Crippen LogP contribution in [-0.4, -0.2) is 25.1 Å². The Labute approximate surface area is 123 Å². The molecular formula is C17H29NS. The number of hydrogen-bond donors (Lipinski definition) is 1. The minimum atomic E-state index is 0.312. The summed E-state index contributed by atoms with van der Waals surface area (Å²) in [5.74, 6) is 1.27. The van der Waals surface area contributed by atoms with Gasteiger partial charge in [-0.05, 0) is 49.8 Å². The molecule has 1 rings (SSSR count). The van der Waals surface area contributed by atoms with E-state index >= 15 is 0 Å². The molecule has 1 N–H and O–H groups in total. The lowest BCUT2D eigenvalue weighted by Gasteiger charge is -2.34. The van der Waals surface area contributed by atoms with Crippen molar-refractivity contribution in [3.63, 3.8) is 0 Å². The van der Waals surface area contributed by atoms with Crippen LogP contribution < -0.4 is 5.32 Å². The van der Waals surface area contributed by atoms with Crippen LogP contribution in [0, 0.1) is 0 Å². The SMILES string of the molecule is CCCNCC(CC)(CCCSC)c1ccccc1. The summed E-state index contributed by atoms with van der Waals surface area (Å²) >= 11 is 1.96. The number of benzene rings is 1. The molecule has 0 amide bonds. The van der Waals surface area contributed by atoms with Crippen molar-refractivity contribution in [1.82, 2.24) is 5.32 Å². The first-order chi connectivity index (χ1) is 9.29. The molecule has 108 valence electrons. The Balaban J connectivity index is 2.79. The van der Waals surface area contributed by atoms with Gasteiger partial charge in [0.2, 0.25) is 0 Å². The third-order valence-corrected chi connectivity index (χ3v) is 4.65.